The van der Waals surface area contributed by atoms with Crippen molar-refractivity contribution in [2.75, 3.05) is 13.2 Å². The Bertz CT molecular complexity index is 311. The summed E-state index contributed by atoms with van der Waals surface area (Å²) in [5, 5.41) is 9.23. The third-order valence-electron chi connectivity index (χ3n) is 3.21. The van der Waals surface area contributed by atoms with E-state index < -0.39 is 0 Å². The molecule has 4 heteroatoms. The van der Waals surface area contributed by atoms with Crippen molar-refractivity contribution in [2.24, 2.45) is 0 Å². The molecule has 1 aliphatic rings. The third-order valence-corrected chi connectivity index (χ3v) is 3.21. The van der Waals surface area contributed by atoms with E-state index >= 15 is 0 Å². The fraction of sp³-hybridized carbons (Fsp3) is 0.727. The predicted octanol–water partition coefficient (Wildman–Crippen LogP) is 0.860. The fourth-order valence-electron chi connectivity index (χ4n) is 2.28. The number of nitrogens with zero attached hydrogens (tertiary/aromatic N) is 3. The Hall–Kier alpha value is -0.870. The summed E-state index contributed by atoms with van der Waals surface area (Å²) in [5.74, 6) is 0. The van der Waals surface area contributed by atoms with Gasteiger partial charge in [0.2, 0.25) is 0 Å². The summed E-state index contributed by atoms with van der Waals surface area (Å²) in [4.78, 5) is 6.51. The second-order valence-electron chi connectivity index (χ2n) is 4.12. The smallest absolute Gasteiger partial charge is 0.0948 e. The number of rotatable bonds is 4. The molecule has 1 fully saturated rings. The van der Waals surface area contributed by atoms with Gasteiger partial charge in [-0.15, -0.1) is 0 Å². The van der Waals surface area contributed by atoms with Gasteiger partial charge in [0, 0.05) is 25.3 Å². The molecule has 1 aliphatic heterocycles. The highest BCUT2D eigenvalue weighted by molar-refractivity contribution is 4.99. The first-order chi connectivity index (χ1) is 7.35. The molecule has 0 unspecified atom stereocenters. The van der Waals surface area contributed by atoms with Crippen molar-refractivity contribution in [1.29, 1.82) is 0 Å². The SMILES string of the molecule is CCn1cncc1CN1CCC[C@H]1CO. The van der Waals surface area contributed by atoms with Crippen LogP contribution in [0.3, 0.4) is 0 Å². The van der Waals surface area contributed by atoms with E-state index in [1.807, 2.05) is 12.5 Å². The van der Waals surface area contributed by atoms with Crippen molar-refractivity contribution in [3.05, 3.63) is 18.2 Å². The topological polar surface area (TPSA) is 41.3 Å². The summed E-state index contributed by atoms with van der Waals surface area (Å²) in [5.41, 5.74) is 1.25. The maximum atomic E-state index is 9.23. The molecule has 1 aromatic rings. The van der Waals surface area contributed by atoms with Crippen molar-refractivity contribution >= 4 is 0 Å². The maximum absolute atomic E-state index is 9.23. The summed E-state index contributed by atoms with van der Waals surface area (Å²) in [7, 11) is 0. The highest BCUT2D eigenvalue weighted by Crippen LogP contribution is 2.19. The molecule has 0 radical (unpaired) electrons. The number of aliphatic hydroxyl groups excluding tert-OH is 1. The Morgan fingerprint density at radius 1 is 1.60 bits per heavy atom. The van der Waals surface area contributed by atoms with Gasteiger partial charge in [-0.3, -0.25) is 4.90 Å². The zero-order valence-electron chi connectivity index (χ0n) is 9.26. The molecule has 84 valence electrons. The maximum Gasteiger partial charge on any atom is 0.0948 e. The van der Waals surface area contributed by atoms with Crippen LogP contribution in [0.1, 0.15) is 25.5 Å². The van der Waals surface area contributed by atoms with Crippen LogP contribution in [0.2, 0.25) is 0 Å². The Kier molecular flexibility index (Phi) is 3.38. The zero-order valence-corrected chi connectivity index (χ0v) is 9.26. The van der Waals surface area contributed by atoms with Crippen molar-refractivity contribution < 1.29 is 5.11 Å². The van der Waals surface area contributed by atoms with Crippen molar-refractivity contribution in [2.45, 2.75) is 38.9 Å². The fourth-order valence-corrected chi connectivity index (χ4v) is 2.28. The van der Waals surface area contributed by atoms with Gasteiger partial charge in [-0.2, -0.15) is 0 Å². The number of hydrogen-bond donors (Lipinski definition) is 1. The van der Waals surface area contributed by atoms with Crippen LogP contribution in [0, 0.1) is 0 Å². The second-order valence-corrected chi connectivity index (χ2v) is 4.12. The first-order valence-electron chi connectivity index (χ1n) is 5.69. The lowest BCUT2D eigenvalue weighted by atomic mass is 10.2. The molecule has 0 aliphatic carbocycles. The van der Waals surface area contributed by atoms with Crippen LogP contribution >= 0.6 is 0 Å². The third kappa shape index (κ3) is 2.21. The van der Waals surface area contributed by atoms with E-state index in [-0.39, 0.29) is 6.61 Å². The van der Waals surface area contributed by atoms with Gasteiger partial charge in [-0.05, 0) is 26.3 Å². The Morgan fingerprint density at radius 3 is 3.20 bits per heavy atom. The minimum atomic E-state index is 0.278. The van der Waals surface area contributed by atoms with Crippen molar-refractivity contribution in [1.82, 2.24) is 14.5 Å². The minimum absolute atomic E-state index is 0.278. The molecule has 0 bridgehead atoms. The minimum Gasteiger partial charge on any atom is -0.395 e. The standard InChI is InChI=1S/C11H19N3O/c1-2-13-9-12-6-11(13)7-14-5-3-4-10(14)8-15/h6,9-10,15H,2-5,7-8H2,1H3/t10-/m0/s1. The van der Waals surface area contributed by atoms with E-state index in [0.717, 1.165) is 26.1 Å². The van der Waals surface area contributed by atoms with Gasteiger partial charge < -0.3 is 9.67 Å². The van der Waals surface area contributed by atoms with Gasteiger partial charge in [0.05, 0.1) is 18.6 Å². The second kappa shape index (κ2) is 4.77. The predicted molar refractivity (Wildman–Crippen MR) is 58.4 cm³/mol. The zero-order chi connectivity index (χ0) is 10.7. The average molecular weight is 209 g/mol. The molecule has 1 atom stereocenters. The molecule has 2 heterocycles. The number of likely N-dealkylation sites (tertiary alicyclic amines) is 1. The van der Waals surface area contributed by atoms with Crippen LogP contribution in [0.15, 0.2) is 12.5 Å². The van der Waals surface area contributed by atoms with Crippen LogP contribution in [0.25, 0.3) is 0 Å². The molecule has 4 nitrogen and oxygen atoms in total. The quantitative estimate of drug-likeness (QED) is 0.799. The van der Waals surface area contributed by atoms with E-state index in [0.29, 0.717) is 6.04 Å². The van der Waals surface area contributed by atoms with Crippen LogP contribution in [0.5, 0.6) is 0 Å². The summed E-state index contributed by atoms with van der Waals surface area (Å²) >= 11 is 0. The normalized spacial score (nSPS) is 22.4. The van der Waals surface area contributed by atoms with Gasteiger partial charge >= 0.3 is 0 Å². The average Bonchev–Trinajstić information content (AvgIpc) is 2.87. The lowest BCUT2D eigenvalue weighted by Gasteiger charge is -2.22. The van der Waals surface area contributed by atoms with E-state index in [2.05, 4.69) is 21.4 Å². The molecule has 0 saturated carbocycles. The number of aromatic nitrogens is 2. The Balaban J connectivity index is 2.01. The largest absolute Gasteiger partial charge is 0.395 e. The van der Waals surface area contributed by atoms with Crippen molar-refractivity contribution in [3.8, 4) is 0 Å². The monoisotopic (exact) mass is 209 g/mol. The molecule has 0 aromatic carbocycles. The van der Waals surface area contributed by atoms with Gasteiger partial charge in [-0.1, -0.05) is 0 Å². The molecular weight excluding hydrogens is 190 g/mol. The molecule has 1 N–H and O–H groups in total. The summed E-state index contributed by atoms with van der Waals surface area (Å²) in [6.07, 6.45) is 6.12. The number of aliphatic hydroxyl groups is 1. The lowest BCUT2D eigenvalue weighted by molar-refractivity contribution is 0.151. The summed E-state index contributed by atoms with van der Waals surface area (Å²) in [6, 6.07) is 0.352. The van der Waals surface area contributed by atoms with Gasteiger partial charge in [-0.25, -0.2) is 4.98 Å². The molecule has 15 heavy (non-hydrogen) atoms. The number of imidazole rings is 1. The van der Waals surface area contributed by atoms with Crippen LogP contribution < -0.4 is 0 Å². The summed E-state index contributed by atoms with van der Waals surface area (Å²) in [6.45, 7) is 5.38. The van der Waals surface area contributed by atoms with E-state index in [9.17, 15) is 5.11 Å². The van der Waals surface area contributed by atoms with E-state index in [4.69, 9.17) is 0 Å². The Morgan fingerprint density at radius 2 is 2.47 bits per heavy atom. The first kappa shape index (κ1) is 10.6. The van der Waals surface area contributed by atoms with E-state index in [1.165, 1.54) is 12.1 Å². The van der Waals surface area contributed by atoms with E-state index in [1.54, 1.807) is 0 Å². The molecule has 1 aromatic heterocycles. The Labute approximate surface area is 90.5 Å². The highest BCUT2D eigenvalue weighted by atomic mass is 16.3. The van der Waals surface area contributed by atoms with Crippen LogP contribution in [-0.2, 0) is 13.1 Å². The van der Waals surface area contributed by atoms with Crippen LogP contribution in [-0.4, -0.2) is 38.8 Å². The van der Waals surface area contributed by atoms with Gasteiger partial charge in [0.1, 0.15) is 0 Å². The first-order valence-corrected chi connectivity index (χ1v) is 5.69. The van der Waals surface area contributed by atoms with Gasteiger partial charge in [0.15, 0.2) is 0 Å². The van der Waals surface area contributed by atoms with Crippen LogP contribution in [0.4, 0.5) is 0 Å². The molecule has 2 rings (SSSR count). The molecule has 0 spiro atoms. The molecule has 0 amide bonds. The number of hydrogen-bond acceptors (Lipinski definition) is 3. The molecule has 1 saturated heterocycles. The lowest BCUT2D eigenvalue weighted by Crippen LogP contribution is -2.32. The number of aryl methyl sites for hydroxylation is 1. The van der Waals surface area contributed by atoms with Crippen molar-refractivity contribution in [3.63, 3.8) is 0 Å². The highest BCUT2D eigenvalue weighted by Gasteiger charge is 2.24. The molecular formula is C11H19N3O. The summed E-state index contributed by atoms with van der Waals surface area (Å²) < 4.78 is 2.16. The van der Waals surface area contributed by atoms with Gasteiger partial charge in [0.25, 0.3) is 0 Å².